The Hall–Kier alpha value is -2.79. The molecule has 1 saturated heterocycles. The summed E-state index contributed by atoms with van der Waals surface area (Å²) in [6.07, 6.45) is 3.49. The number of nitrogens with zero attached hydrogens (tertiary/aromatic N) is 3. The van der Waals surface area contributed by atoms with E-state index in [0.717, 1.165) is 22.2 Å². The van der Waals surface area contributed by atoms with Gasteiger partial charge in [-0.1, -0.05) is 18.2 Å². The highest BCUT2D eigenvalue weighted by molar-refractivity contribution is 6.07. The summed E-state index contributed by atoms with van der Waals surface area (Å²) < 4.78 is 5.35. The van der Waals surface area contributed by atoms with Gasteiger partial charge in [-0.2, -0.15) is 0 Å². The fourth-order valence-electron chi connectivity index (χ4n) is 2.95. The Kier molecular flexibility index (Phi) is 3.92. The summed E-state index contributed by atoms with van der Waals surface area (Å²) in [7, 11) is 0. The van der Waals surface area contributed by atoms with Crippen molar-refractivity contribution in [2.45, 2.75) is 0 Å². The molecule has 120 valence electrons. The van der Waals surface area contributed by atoms with E-state index in [1.54, 1.807) is 12.4 Å². The number of carbonyl (C=O) groups is 1. The van der Waals surface area contributed by atoms with Crippen LogP contribution in [0.2, 0.25) is 0 Å². The van der Waals surface area contributed by atoms with Gasteiger partial charge in [0, 0.05) is 36.4 Å². The molecule has 0 bridgehead atoms. The Morgan fingerprint density at radius 2 is 1.92 bits per heavy atom. The average Bonchev–Trinajstić information content (AvgIpc) is 2.68. The van der Waals surface area contributed by atoms with Gasteiger partial charge in [-0.15, -0.1) is 0 Å². The van der Waals surface area contributed by atoms with Crippen molar-refractivity contribution < 1.29 is 9.53 Å². The summed E-state index contributed by atoms with van der Waals surface area (Å²) in [6, 6.07) is 13.4. The van der Waals surface area contributed by atoms with E-state index in [1.165, 1.54) is 0 Å². The zero-order valence-electron chi connectivity index (χ0n) is 13.2. The fourth-order valence-corrected chi connectivity index (χ4v) is 2.95. The smallest absolute Gasteiger partial charge is 0.254 e. The van der Waals surface area contributed by atoms with Crippen molar-refractivity contribution in [3.8, 4) is 11.3 Å². The van der Waals surface area contributed by atoms with Crippen LogP contribution in [0.4, 0.5) is 0 Å². The molecule has 3 heterocycles. The van der Waals surface area contributed by atoms with Crippen LogP contribution in [-0.4, -0.2) is 47.1 Å². The number of fused-ring (bicyclic) bond motifs is 1. The number of carbonyl (C=O) groups excluding carboxylic acids is 1. The minimum Gasteiger partial charge on any atom is -0.378 e. The number of pyridine rings is 2. The van der Waals surface area contributed by atoms with E-state index in [9.17, 15) is 4.79 Å². The number of rotatable bonds is 2. The molecule has 0 unspecified atom stereocenters. The summed E-state index contributed by atoms with van der Waals surface area (Å²) in [5.41, 5.74) is 3.16. The van der Waals surface area contributed by atoms with E-state index in [4.69, 9.17) is 9.72 Å². The average molecular weight is 319 g/mol. The molecule has 5 nitrogen and oxygen atoms in total. The Labute approximate surface area is 139 Å². The van der Waals surface area contributed by atoms with Gasteiger partial charge >= 0.3 is 0 Å². The van der Waals surface area contributed by atoms with Gasteiger partial charge in [0.25, 0.3) is 5.91 Å². The Morgan fingerprint density at radius 3 is 2.71 bits per heavy atom. The van der Waals surface area contributed by atoms with Gasteiger partial charge in [-0.25, -0.2) is 4.98 Å². The molecule has 4 rings (SSSR count). The summed E-state index contributed by atoms with van der Waals surface area (Å²) in [5, 5.41) is 0.877. The first-order chi connectivity index (χ1) is 11.8. The second-order valence-electron chi connectivity index (χ2n) is 5.72. The van der Waals surface area contributed by atoms with Crippen molar-refractivity contribution in [1.29, 1.82) is 0 Å². The number of benzene rings is 1. The number of hydrogen-bond donors (Lipinski definition) is 0. The van der Waals surface area contributed by atoms with Crippen molar-refractivity contribution in [1.82, 2.24) is 14.9 Å². The van der Waals surface area contributed by atoms with Crippen LogP contribution in [0.15, 0.2) is 54.9 Å². The molecule has 0 aliphatic carbocycles. The molecule has 1 amide bonds. The van der Waals surface area contributed by atoms with Gasteiger partial charge in [-0.05, 0) is 24.3 Å². The van der Waals surface area contributed by atoms with E-state index in [1.807, 2.05) is 47.4 Å². The van der Waals surface area contributed by atoms with Gasteiger partial charge < -0.3 is 9.64 Å². The number of amides is 1. The number of hydrogen-bond acceptors (Lipinski definition) is 4. The number of ether oxygens (including phenoxy) is 1. The molecule has 3 aromatic rings. The van der Waals surface area contributed by atoms with E-state index in [-0.39, 0.29) is 5.91 Å². The zero-order chi connectivity index (χ0) is 16.4. The van der Waals surface area contributed by atoms with Crippen molar-refractivity contribution in [2.24, 2.45) is 0 Å². The number of para-hydroxylation sites is 1. The molecule has 1 aliphatic heterocycles. The molecular formula is C19H17N3O2. The summed E-state index contributed by atoms with van der Waals surface area (Å²) >= 11 is 0. The first-order valence-electron chi connectivity index (χ1n) is 8.00. The molecule has 2 aromatic heterocycles. The molecular weight excluding hydrogens is 302 g/mol. The van der Waals surface area contributed by atoms with Crippen LogP contribution in [-0.2, 0) is 4.74 Å². The lowest BCUT2D eigenvalue weighted by molar-refractivity contribution is 0.0304. The highest BCUT2D eigenvalue weighted by atomic mass is 16.5. The molecule has 5 heteroatoms. The molecule has 24 heavy (non-hydrogen) atoms. The fraction of sp³-hybridized carbons (Fsp3) is 0.211. The van der Waals surface area contributed by atoms with Crippen molar-refractivity contribution in [3.63, 3.8) is 0 Å². The Morgan fingerprint density at radius 1 is 1.08 bits per heavy atom. The van der Waals surface area contributed by atoms with Crippen LogP contribution in [0.1, 0.15) is 10.4 Å². The van der Waals surface area contributed by atoms with Crippen molar-refractivity contribution >= 4 is 16.8 Å². The third-order valence-electron chi connectivity index (χ3n) is 4.20. The Bertz CT molecular complexity index is 874. The zero-order valence-corrected chi connectivity index (χ0v) is 13.2. The van der Waals surface area contributed by atoms with Crippen molar-refractivity contribution in [3.05, 3.63) is 60.4 Å². The molecule has 1 fully saturated rings. The van der Waals surface area contributed by atoms with Crippen molar-refractivity contribution in [2.75, 3.05) is 26.3 Å². The maximum atomic E-state index is 13.0. The number of aromatic nitrogens is 2. The summed E-state index contributed by atoms with van der Waals surface area (Å²) in [4.78, 5) is 23.7. The molecule has 0 spiro atoms. The standard InChI is InChI=1S/C19H17N3O2/c23-19(22-8-10-24-11-9-22)16-12-18(14-4-3-7-20-13-14)21-17-6-2-1-5-15(16)17/h1-7,12-13H,8-11H2. The minimum absolute atomic E-state index is 0.0297. The lowest BCUT2D eigenvalue weighted by Crippen LogP contribution is -2.40. The summed E-state index contributed by atoms with van der Waals surface area (Å²) in [6.45, 7) is 2.42. The van der Waals surface area contributed by atoms with Crippen LogP contribution < -0.4 is 0 Å². The second-order valence-corrected chi connectivity index (χ2v) is 5.72. The highest BCUT2D eigenvalue weighted by Crippen LogP contribution is 2.25. The van der Waals surface area contributed by atoms with Crippen LogP contribution in [0.25, 0.3) is 22.2 Å². The van der Waals surface area contributed by atoms with Gasteiger partial charge in [-0.3, -0.25) is 9.78 Å². The third kappa shape index (κ3) is 2.74. The third-order valence-corrected chi connectivity index (χ3v) is 4.20. The molecule has 0 radical (unpaired) electrons. The topological polar surface area (TPSA) is 55.3 Å². The van der Waals surface area contributed by atoms with Crippen LogP contribution >= 0.6 is 0 Å². The van der Waals surface area contributed by atoms with Crippen LogP contribution in [0.3, 0.4) is 0 Å². The van der Waals surface area contributed by atoms with Gasteiger partial charge in [0.1, 0.15) is 0 Å². The monoisotopic (exact) mass is 319 g/mol. The first-order valence-corrected chi connectivity index (χ1v) is 8.00. The van der Waals surface area contributed by atoms with E-state index in [2.05, 4.69) is 4.98 Å². The predicted molar refractivity (Wildman–Crippen MR) is 91.7 cm³/mol. The molecule has 0 N–H and O–H groups in total. The largest absolute Gasteiger partial charge is 0.378 e. The minimum atomic E-state index is 0.0297. The quantitative estimate of drug-likeness (QED) is 0.729. The highest BCUT2D eigenvalue weighted by Gasteiger charge is 2.21. The van der Waals surface area contributed by atoms with Gasteiger partial charge in [0.05, 0.1) is 30.0 Å². The Balaban J connectivity index is 1.85. The SMILES string of the molecule is O=C(c1cc(-c2cccnc2)nc2ccccc12)N1CCOCC1. The first kappa shape index (κ1) is 14.8. The molecule has 1 aromatic carbocycles. The van der Waals surface area contributed by atoms with E-state index < -0.39 is 0 Å². The molecule has 0 atom stereocenters. The van der Waals surface area contributed by atoms with Gasteiger partial charge in [0.2, 0.25) is 0 Å². The second kappa shape index (κ2) is 6.37. The maximum Gasteiger partial charge on any atom is 0.254 e. The van der Waals surface area contributed by atoms with Crippen LogP contribution in [0.5, 0.6) is 0 Å². The molecule has 1 aliphatic rings. The normalized spacial score (nSPS) is 14.8. The lowest BCUT2D eigenvalue weighted by atomic mass is 10.0. The van der Waals surface area contributed by atoms with E-state index in [0.29, 0.717) is 31.9 Å². The van der Waals surface area contributed by atoms with E-state index >= 15 is 0 Å². The van der Waals surface area contributed by atoms with Crippen LogP contribution in [0, 0.1) is 0 Å². The van der Waals surface area contributed by atoms with Gasteiger partial charge in [0.15, 0.2) is 0 Å². The maximum absolute atomic E-state index is 13.0. The predicted octanol–water partition coefficient (Wildman–Crippen LogP) is 2.77. The molecule has 0 saturated carbocycles. The lowest BCUT2D eigenvalue weighted by Gasteiger charge is -2.27. The number of morpholine rings is 1. The summed E-state index contributed by atoms with van der Waals surface area (Å²) in [5.74, 6) is 0.0297.